The van der Waals surface area contributed by atoms with E-state index in [4.69, 9.17) is 4.74 Å². The minimum Gasteiger partial charge on any atom is -0.377 e. The number of allylic oxidation sites excluding steroid dienone is 1. The molecule has 9 heteroatoms. The number of amides is 2. The first-order valence-corrected chi connectivity index (χ1v) is 9.68. The van der Waals surface area contributed by atoms with E-state index in [9.17, 15) is 9.59 Å². The molecule has 1 fully saturated rings. The maximum absolute atomic E-state index is 12.6. The van der Waals surface area contributed by atoms with Gasteiger partial charge in [-0.15, -0.1) is 5.10 Å². The maximum Gasteiger partial charge on any atom is 0.224 e. The zero-order valence-corrected chi connectivity index (χ0v) is 15.9. The Morgan fingerprint density at radius 1 is 1.37 bits per heavy atom. The molecule has 0 saturated carbocycles. The molecule has 2 heterocycles. The van der Waals surface area contributed by atoms with E-state index in [1.165, 1.54) is 18.4 Å². The molecule has 1 N–H and O–H groups in total. The number of rotatable bonds is 7. The molecule has 3 rings (SSSR count). The number of morpholine rings is 1. The first-order valence-electron chi connectivity index (χ1n) is 9.68. The Labute approximate surface area is 159 Å². The van der Waals surface area contributed by atoms with Crippen LogP contribution in [0.15, 0.2) is 11.6 Å². The summed E-state index contributed by atoms with van der Waals surface area (Å²) in [6.45, 7) is 4.25. The van der Waals surface area contributed by atoms with E-state index in [1.54, 1.807) is 16.5 Å². The summed E-state index contributed by atoms with van der Waals surface area (Å²) in [5.41, 5.74) is 1.30. The maximum atomic E-state index is 12.6. The van der Waals surface area contributed by atoms with Crippen molar-refractivity contribution in [2.24, 2.45) is 0 Å². The van der Waals surface area contributed by atoms with Gasteiger partial charge in [0, 0.05) is 25.9 Å². The van der Waals surface area contributed by atoms with Crippen LogP contribution < -0.4 is 5.32 Å². The second kappa shape index (κ2) is 9.59. The fraction of sp³-hybridized carbons (Fsp3) is 0.722. The third-order valence-corrected chi connectivity index (χ3v) is 5.11. The van der Waals surface area contributed by atoms with Crippen molar-refractivity contribution < 1.29 is 14.3 Å². The number of hydrogen-bond donors (Lipinski definition) is 1. The van der Waals surface area contributed by atoms with Gasteiger partial charge in [0.15, 0.2) is 0 Å². The molecule has 1 saturated heterocycles. The van der Waals surface area contributed by atoms with E-state index in [1.807, 2.05) is 0 Å². The third-order valence-electron chi connectivity index (χ3n) is 5.11. The van der Waals surface area contributed by atoms with Crippen LogP contribution in [0.3, 0.4) is 0 Å². The van der Waals surface area contributed by atoms with Crippen LogP contribution in [-0.4, -0.2) is 69.3 Å². The Bertz CT molecular complexity index is 686. The highest BCUT2D eigenvalue weighted by Crippen LogP contribution is 2.17. The molecule has 0 radical (unpaired) electrons. The molecule has 0 unspecified atom stereocenters. The standard InChI is InChI=1S/C18H28N6O3/c1-14-20-21-22-24(14)8-7-18(26)23-9-10-27-13-16(23)11-17(25)19-12-15-5-3-2-4-6-15/h5,16H,2-4,6-13H2,1H3,(H,19,25)/t16-/m1/s1. The Hall–Kier alpha value is -2.29. The highest BCUT2D eigenvalue weighted by molar-refractivity contribution is 5.80. The second-order valence-corrected chi connectivity index (χ2v) is 7.10. The first kappa shape index (κ1) is 19.5. The van der Waals surface area contributed by atoms with Crippen LogP contribution in [0.1, 0.15) is 44.3 Å². The largest absolute Gasteiger partial charge is 0.377 e. The van der Waals surface area contributed by atoms with E-state index in [0.29, 0.717) is 45.1 Å². The van der Waals surface area contributed by atoms with E-state index in [-0.39, 0.29) is 24.3 Å². The summed E-state index contributed by atoms with van der Waals surface area (Å²) in [6.07, 6.45) is 7.39. The van der Waals surface area contributed by atoms with Gasteiger partial charge in [0.2, 0.25) is 11.8 Å². The van der Waals surface area contributed by atoms with E-state index >= 15 is 0 Å². The van der Waals surface area contributed by atoms with Crippen molar-refractivity contribution in [3.05, 3.63) is 17.5 Å². The number of hydrogen-bond acceptors (Lipinski definition) is 6. The monoisotopic (exact) mass is 376 g/mol. The third kappa shape index (κ3) is 5.59. The van der Waals surface area contributed by atoms with Gasteiger partial charge in [-0.2, -0.15) is 0 Å². The molecule has 1 atom stereocenters. The van der Waals surface area contributed by atoms with Gasteiger partial charge in [-0.1, -0.05) is 11.6 Å². The van der Waals surface area contributed by atoms with Gasteiger partial charge in [0.1, 0.15) is 5.82 Å². The summed E-state index contributed by atoms with van der Waals surface area (Å²) in [4.78, 5) is 26.8. The van der Waals surface area contributed by atoms with Crippen LogP contribution in [0.2, 0.25) is 0 Å². The lowest BCUT2D eigenvalue weighted by atomic mass is 9.99. The topological polar surface area (TPSA) is 102 Å². The minimum atomic E-state index is -0.221. The lowest BCUT2D eigenvalue weighted by Crippen LogP contribution is -2.50. The van der Waals surface area contributed by atoms with Crippen molar-refractivity contribution in [2.75, 3.05) is 26.3 Å². The molecular weight excluding hydrogens is 348 g/mol. The molecule has 0 aromatic carbocycles. The van der Waals surface area contributed by atoms with Crippen molar-refractivity contribution in [3.8, 4) is 0 Å². The highest BCUT2D eigenvalue weighted by atomic mass is 16.5. The van der Waals surface area contributed by atoms with Crippen molar-refractivity contribution in [3.63, 3.8) is 0 Å². The lowest BCUT2D eigenvalue weighted by molar-refractivity contribution is -0.141. The van der Waals surface area contributed by atoms with E-state index in [2.05, 4.69) is 26.9 Å². The number of nitrogens with zero attached hydrogens (tertiary/aromatic N) is 5. The van der Waals surface area contributed by atoms with Crippen molar-refractivity contribution >= 4 is 11.8 Å². The van der Waals surface area contributed by atoms with Gasteiger partial charge in [0.05, 0.1) is 25.8 Å². The average Bonchev–Trinajstić information content (AvgIpc) is 3.10. The first-order chi connectivity index (χ1) is 13.1. The number of aromatic nitrogens is 4. The van der Waals surface area contributed by atoms with Crippen LogP contribution in [0, 0.1) is 6.92 Å². The van der Waals surface area contributed by atoms with Gasteiger partial charge >= 0.3 is 0 Å². The summed E-state index contributed by atoms with van der Waals surface area (Å²) in [5, 5.41) is 14.3. The zero-order chi connectivity index (χ0) is 19.1. The van der Waals surface area contributed by atoms with Crippen LogP contribution in [0.5, 0.6) is 0 Å². The Morgan fingerprint density at radius 2 is 2.26 bits per heavy atom. The van der Waals surface area contributed by atoms with Gasteiger partial charge in [-0.25, -0.2) is 4.68 Å². The summed E-state index contributed by atoms with van der Waals surface area (Å²) in [5.74, 6) is 0.643. The number of nitrogens with one attached hydrogen (secondary N) is 1. The quantitative estimate of drug-likeness (QED) is 0.700. The van der Waals surface area contributed by atoms with E-state index in [0.717, 1.165) is 12.8 Å². The number of ether oxygens (including phenoxy) is 1. The lowest BCUT2D eigenvalue weighted by Gasteiger charge is -2.35. The molecule has 2 amide bonds. The van der Waals surface area contributed by atoms with Gasteiger partial charge < -0.3 is 15.0 Å². The Kier molecular flexibility index (Phi) is 6.92. The Morgan fingerprint density at radius 3 is 3.00 bits per heavy atom. The fourth-order valence-electron chi connectivity index (χ4n) is 3.52. The number of aryl methyl sites for hydroxylation is 2. The molecule has 9 nitrogen and oxygen atoms in total. The SMILES string of the molecule is Cc1nnnn1CCC(=O)N1CCOC[C@H]1CC(=O)NCC1=CCCCC1. The molecule has 0 bridgehead atoms. The second-order valence-electron chi connectivity index (χ2n) is 7.10. The van der Waals surface area contributed by atoms with Crippen LogP contribution in [0.25, 0.3) is 0 Å². The smallest absolute Gasteiger partial charge is 0.224 e. The molecule has 27 heavy (non-hydrogen) atoms. The summed E-state index contributed by atoms with van der Waals surface area (Å²) in [6, 6.07) is -0.221. The van der Waals surface area contributed by atoms with Crippen molar-refractivity contribution in [2.45, 2.75) is 58.0 Å². The Balaban J connectivity index is 1.48. The molecule has 2 aliphatic rings. The number of carbonyl (C=O) groups excluding carboxylic acids is 2. The van der Waals surface area contributed by atoms with Crippen molar-refractivity contribution in [1.82, 2.24) is 30.4 Å². The predicted octanol–water partition coefficient (Wildman–Crippen LogP) is 0.606. The normalized spacial score (nSPS) is 20.3. The van der Waals surface area contributed by atoms with Crippen molar-refractivity contribution in [1.29, 1.82) is 0 Å². The number of tetrazole rings is 1. The van der Waals surface area contributed by atoms with Crippen LogP contribution in [0.4, 0.5) is 0 Å². The number of carbonyl (C=O) groups is 2. The molecule has 148 valence electrons. The van der Waals surface area contributed by atoms with Crippen LogP contribution in [-0.2, 0) is 20.9 Å². The predicted molar refractivity (Wildman–Crippen MR) is 97.7 cm³/mol. The van der Waals surface area contributed by atoms with Crippen LogP contribution >= 0.6 is 0 Å². The summed E-state index contributed by atoms with van der Waals surface area (Å²) >= 11 is 0. The molecule has 1 aliphatic carbocycles. The average molecular weight is 376 g/mol. The summed E-state index contributed by atoms with van der Waals surface area (Å²) in [7, 11) is 0. The minimum absolute atomic E-state index is 0.000916. The zero-order valence-electron chi connectivity index (χ0n) is 15.9. The fourth-order valence-corrected chi connectivity index (χ4v) is 3.52. The molecular formula is C18H28N6O3. The van der Waals surface area contributed by atoms with Gasteiger partial charge in [-0.05, 0) is 43.0 Å². The van der Waals surface area contributed by atoms with Gasteiger partial charge in [0.25, 0.3) is 0 Å². The molecule has 1 aromatic heterocycles. The highest BCUT2D eigenvalue weighted by Gasteiger charge is 2.29. The van der Waals surface area contributed by atoms with Gasteiger partial charge in [-0.3, -0.25) is 9.59 Å². The summed E-state index contributed by atoms with van der Waals surface area (Å²) < 4.78 is 7.11. The molecule has 1 aliphatic heterocycles. The molecule has 1 aromatic rings. The molecule has 0 spiro atoms. The van der Waals surface area contributed by atoms with E-state index < -0.39 is 0 Å².